The van der Waals surface area contributed by atoms with Gasteiger partial charge in [-0.15, -0.1) is 0 Å². The summed E-state index contributed by atoms with van der Waals surface area (Å²) in [5.74, 6) is -1.50. The molecule has 0 unspecified atom stereocenters. The van der Waals surface area contributed by atoms with E-state index in [0.29, 0.717) is 6.54 Å². The van der Waals surface area contributed by atoms with Crippen LogP contribution in [-0.4, -0.2) is 39.2 Å². The van der Waals surface area contributed by atoms with Crippen LogP contribution in [0.3, 0.4) is 0 Å². The third-order valence-electron chi connectivity index (χ3n) is 4.86. The molecule has 2 aromatic carbocycles. The number of hydrogen-bond donors (Lipinski definition) is 0. The van der Waals surface area contributed by atoms with E-state index in [9.17, 15) is 24.1 Å². The van der Waals surface area contributed by atoms with Crippen molar-refractivity contribution >= 4 is 17.5 Å². The quantitative estimate of drug-likeness (QED) is 0.444. The van der Waals surface area contributed by atoms with Crippen LogP contribution in [0.1, 0.15) is 39.1 Å². The van der Waals surface area contributed by atoms with Crippen LogP contribution in [0.15, 0.2) is 42.5 Å². The van der Waals surface area contributed by atoms with Gasteiger partial charge in [-0.2, -0.15) is 0 Å². The Balaban J connectivity index is 1.58. The molecule has 0 atom stereocenters. The minimum atomic E-state index is -0.648. The number of fused-ring (bicyclic) bond motifs is 1. The Bertz CT molecular complexity index is 940. The number of rotatable bonds is 6. The standard InChI is InChI=1S/C19H16FN3O4/c20-13-6-4-12(5-7-13)10-21(14-8-9-14)11-22-18(24)15-2-1-3-16(23(26)27)17(15)19(22)25/h1-7,14H,8-11H2. The monoisotopic (exact) mass is 369 g/mol. The van der Waals surface area contributed by atoms with Crippen LogP contribution >= 0.6 is 0 Å². The van der Waals surface area contributed by atoms with Gasteiger partial charge >= 0.3 is 0 Å². The number of imide groups is 1. The van der Waals surface area contributed by atoms with Crippen LogP contribution in [0.25, 0.3) is 0 Å². The van der Waals surface area contributed by atoms with E-state index < -0.39 is 16.7 Å². The fraction of sp³-hybridized carbons (Fsp3) is 0.263. The first kappa shape index (κ1) is 17.3. The zero-order chi connectivity index (χ0) is 19.1. The maximum Gasteiger partial charge on any atom is 0.282 e. The zero-order valence-corrected chi connectivity index (χ0v) is 14.3. The van der Waals surface area contributed by atoms with Crippen molar-refractivity contribution in [1.82, 2.24) is 9.80 Å². The normalized spacial score (nSPS) is 16.1. The fourth-order valence-electron chi connectivity index (χ4n) is 3.34. The SMILES string of the molecule is O=C1c2cccc([N+](=O)[O-])c2C(=O)N1CN(Cc1ccc(F)cc1)C1CC1. The largest absolute Gasteiger partial charge is 0.282 e. The number of hydrogen-bond acceptors (Lipinski definition) is 5. The van der Waals surface area contributed by atoms with E-state index >= 15 is 0 Å². The summed E-state index contributed by atoms with van der Waals surface area (Å²) >= 11 is 0. The van der Waals surface area contributed by atoms with Crippen molar-refractivity contribution in [3.63, 3.8) is 0 Å². The van der Waals surface area contributed by atoms with E-state index in [-0.39, 0.29) is 35.3 Å². The van der Waals surface area contributed by atoms with Crippen LogP contribution < -0.4 is 0 Å². The molecular weight excluding hydrogens is 353 g/mol. The number of halogens is 1. The van der Waals surface area contributed by atoms with Gasteiger partial charge in [-0.25, -0.2) is 4.39 Å². The molecule has 0 N–H and O–H groups in total. The highest BCUT2D eigenvalue weighted by atomic mass is 19.1. The van der Waals surface area contributed by atoms with Gasteiger partial charge in [0.2, 0.25) is 0 Å². The third-order valence-corrected chi connectivity index (χ3v) is 4.86. The molecule has 2 aromatic rings. The number of nitro groups is 1. The molecule has 0 bridgehead atoms. The summed E-state index contributed by atoms with van der Waals surface area (Å²) in [6.07, 6.45) is 1.90. The van der Waals surface area contributed by atoms with Gasteiger partial charge in [0.05, 0.1) is 17.2 Å². The Labute approximate surface area is 154 Å². The second-order valence-electron chi connectivity index (χ2n) is 6.74. The summed E-state index contributed by atoms with van der Waals surface area (Å²) in [4.78, 5) is 39.0. The molecule has 1 saturated carbocycles. The van der Waals surface area contributed by atoms with Gasteiger partial charge in [0.1, 0.15) is 11.4 Å². The van der Waals surface area contributed by atoms with E-state index in [1.807, 2.05) is 4.90 Å². The van der Waals surface area contributed by atoms with Crippen molar-refractivity contribution in [3.05, 3.63) is 75.1 Å². The minimum absolute atomic E-state index is 0.0472. The maximum absolute atomic E-state index is 13.1. The molecule has 7 nitrogen and oxygen atoms in total. The predicted molar refractivity (Wildman–Crippen MR) is 93.4 cm³/mol. The highest BCUT2D eigenvalue weighted by Crippen LogP contribution is 2.33. The number of benzene rings is 2. The Morgan fingerprint density at radius 3 is 2.44 bits per heavy atom. The maximum atomic E-state index is 13.1. The molecule has 0 saturated heterocycles. The summed E-state index contributed by atoms with van der Waals surface area (Å²) in [6, 6.07) is 10.4. The Hall–Kier alpha value is -3.13. The lowest BCUT2D eigenvalue weighted by atomic mass is 10.1. The summed E-state index contributed by atoms with van der Waals surface area (Å²) in [5, 5.41) is 11.2. The minimum Gasteiger partial charge on any atom is -0.278 e. The van der Waals surface area contributed by atoms with E-state index in [2.05, 4.69) is 0 Å². The van der Waals surface area contributed by atoms with Crippen LogP contribution in [0.2, 0.25) is 0 Å². The van der Waals surface area contributed by atoms with Gasteiger partial charge in [-0.3, -0.25) is 29.5 Å². The molecule has 1 aliphatic carbocycles. The number of carbonyl (C=O) groups is 2. The fourth-order valence-corrected chi connectivity index (χ4v) is 3.34. The molecule has 8 heteroatoms. The molecule has 0 aromatic heterocycles. The molecule has 1 aliphatic heterocycles. The van der Waals surface area contributed by atoms with E-state index in [1.165, 1.54) is 30.3 Å². The van der Waals surface area contributed by atoms with Crippen molar-refractivity contribution in [1.29, 1.82) is 0 Å². The highest BCUT2D eigenvalue weighted by Gasteiger charge is 2.43. The van der Waals surface area contributed by atoms with E-state index in [0.717, 1.165) is 23.3 Å². The van der Waals surface area contributed by atoms with Crippen LogP contribution in [0.5, 0.6) is 0 Å². The average molecular weight is 369 g/mol. The van der Waals surface area contributed by atoms with Gasteiger partial charge in [-0.1, -0.05) is 18.2 Å². The molecule has 138 valence electrons. The van der Waals surface area contributed by atoms with E-state index in [1.54, 1.807) is 12.1 Å². The van der Waals surface area contributed by atoms with Gasteiger partial charge in [0.25, 0.3) is 17.5 Å². The first-order valence-corrected chi connectivity index (χ1v) is 8.58. The molecule has 27 heavy (non-hydrogen) atoms. The topological polar surface area (TPSA) is 83.8 Å². The predicted octanol–water partition coefficient (Wildman–Crippen LogP) is 2.95. The summed E-state index contributed by atoms with van der Waals surface area (Å²) < 4.78 is 13.1. The molecular formula is C19H16FN3O4. The molecule has 0 radical (unpaired) electrons. The first-order valence-electron chi connectivity index (χ1n) is 8.58. The van der Waals surface area contributed by atoms with Crippen molar-refractivity contribution in [2.24, 2.45) is 0 Å². The van der Waals surface area contributed by atoms with Crippen molar-refractivity contribution < 1.29 is 18.9 Å². The van der Waals surface area contributed by atoms with Gasteiger partial charge in [0.15, 0.2) is 0 Å². The summed E-state index contributed by atoms with van der Waals surface area (Å²) in [5.41, 5.74) is 0.424. The summed E-state index contributed by atoms with van der Waals surface area (Å²) in [6.45, 7) is 0.506. The molecule has 1 fully saturated rings. The Kier molecular flexibility index (Phi) is 4.19. The van der Waals surface area contributed by atoms with E-state index in [4.69, 9.17) is 0 Å². The lowest BCUT2D eigenvalue weighted by Gasteiger charge is -2.26. The lowest BCUT2D eigenvalue weighted by Crippen LogP contribution is -2.42. The van der Waals surface area contributed by atoms with Crippen LogP contribution in [0.4, 0.5) is 10.1 Å². The lowest BCUT2D eigenvalue weighted by molar-refractivity contribution is -0.385. The number of amides is 2. The molecule has 0 spiro atoms. The number of nitrogens with zero attached hydrogens (tertiary/aromatic N) is 3. The van der Waals surface area contributed by atoms with Crippen molar-refractivity contribution in [3.8, 4) is 0 Å². The number of nitro benzene ring substituents is 1. The van der Waals surface area contributed by atoms with Gasteiger partial charge < -0.3 is 0 Å². The number of carbonyl (C=O) groups excluding carboxylic acids is 2. The Morgan fingerprint density at radius 2 is 1.81 bits per heavy atom. The van der Waals surface area contributed by atoms with Gasteiger partial charge in [-0.05, 0) is 36.6 Å². The second-order valence-corrected chi connectivity index (χ2v) is 6.74. The average Bonchev–Trinajstić information content (AvgIpc) is 3.47. The Morgan fingerprint density at radius 1 is 1.11 bits per heavy atom. The van der Waals surface area contributed by atoms with Crippen molar-refractivity contribution in [2.75, 3.05) is 6.67 Å². The summed E-state index contributed by atoms with van der Waals surface area (Å²) in [7, 11) is 0. The second kappa shape index (κ2) is 6.55. The van der Waals surface area contributed by atoms with Gasteiger partial charge in [0, 0.05) is 18.7 Å². The van der Waals surface area contributed by atoms with Crippen LogP contribution in [-0.2, 0) is 6.54 Å². The van der Waals surface area contributed by atoms with Crippen LogP contribution in [0, 0.1) is 15.9 Å². The third kappa shape index (κ3) is 3.19. The molecule has 2 amide bonds. The smallest absolute Gasteiger partial charge is 0.278 e. The molecule has 4 rings (SSSR count). The first-order chi connectivity index (χ1) is 13.0. The zero-order valence-electron chi connectivity index (χ0n) is 14.3. The van der Waals surface area contributed by atoms with Crippen molar-refractivity contribution in [2.45, 2.75) is 25.4 Å². The molecule has 1 heterocycles. The molecule has 2 aliphatic rings. The highest BCUT2D eigenvalue weighted by molar-refractivity contribution is 6.23.